The molecule has 0 saturated heterocycles. The van der Waals surface area contributed by atoms with Crippen molar-refractivity contribution < 1.29 is 9.90 Å². The molecule has 0 radical (unpaired) electrons. The van der Waals surface area contributed by atoms with Crippen LogP contribution in [0.1, 0.15) is 32.3 Å². The second-order valence-corrected chi connectivity index (χ2v) is 6.02. The summed E-state index contributed by atoms with van der Waals surface area (Å²) in [6, 6.07) is 10.3. The highest BCUT2D eigenvalue weighted by Gasteiger charge is 2.56. The molecule has 3 nitrogen and oxygen atoms in total. The van der Waals surface area contributed by atoms with Crippen LogP contribution in [0.15, 0.2) is 30.3 Å². The molecule has 0 aromatic heterocycles. The van der Waals surface area contributed by atoms with Gasteiger partial charge in [-0.2, -0.15) is 0 Å². The number of carboxylic acids is 1. The van der Waals surface area contributed by atoms with Crippen LogP contribution in [0.25, 0.3) is 0 Å². The number of hydrogen-bond acceptors (Lipinski definition) is 2. The number of benzene rings is 1. The van der Waals surface area contributed by atoms with Crippen molar-refractivity contribution in [3.05, 3.63) is 35.9 Å². The predicted octanol–water partition coefficient (Wildman–Crippen LogP) is 2.45. The normalized spacial score (nSPS) is 34.9. The van der Waals surface area contributed by atoms with Crippen LogP contribution < -0.4 is 5.73 Å². The first-order valence-electron chi connectivity index (χ1n) is 6.40. The third-order valence-electron chi connectivity index (χ3n) is 4.57. The summed E-state index contributed by atoms with van der Waals surface area (Å²) in [6.45, 7) is 4.28. The van der Waals surface area contributed by atoms with Crippen LogP contribution in [-0.4, -0.2) is 16.6 Å². The highest BCUT2D eigenvalue weighted by molar-refractivity contribution is 5.69. The third kappa shape index (κ3) is 2.27. The molecule has 2 rings (SSSR count). The number of hydrogen-bond donors (Lipinski definition) is 2. The maximum absolute atomic E-state index is 10.8. The average Bonchev–Trinajstić information content (AvgIpc) is 2.28. The van der Waals surface area contributed by atoms with E-state index in [4.69, 9.17) is 10.8 Å². The molecule has 0 bridgehead atoms. The Balaban J connectivity index is 2.06. The van der Waals surface area contributed by atoms with E-state index in [1.165, 1.54) is 5.56 Å². The van der Waals surface area contributed by atoms with Gasteiger partial charge in [0.05, 0.1) is 6.42 Å². The Morgan fingerprint density at radius 1 is 1.44 bits per heavy atom. The molecule has 1 saturated carbocycles. The average molecular weight is 247 g/mol. The molecule has 18 heavy (non-hydrogen) atoms. The van der Waals surface area contributed by atoms with Crippen LogP contribution in [0.3, 0.4) is 0 Å². The molecule has 0 heterocycles. The van der Waals surface area contributed by atoms with Gasteiger partial charge < -0.3 is 10.8 Å². The van der Waals surface area contributed by atoms with Crippen molar-refractivity contribution in [1.82, 2.24) is 0 Å². The third-order valence-corrected chi connectivity index (χ3v) is 4.57. The summed E-state index contributed by atoms with van der Waals surface area (Å²) >= 11 is 0. The van der Waals surface area contributed by atoms with Gasteiger partial charge in [-0.05, 0) is 29.7 Å². The zero-order valence-electron chi connectivity index (χ0n) is 11.0. The summed E-state index contributed by atoms with van der Waals surface area (Å²) in [5, 5.41) is 8.91. The van der Waals surface area contributed by atoms with Crippen LogP contribution in [0.4, 0.5) is 0 Å². The summed E-state index contributed by atoms with van der Waals surface area (Å²) in [7, 11) is 0. The Kier molecular flexibility index (Phi) is 3.20. The first kappa shape index (κ1) is 13.1. The molecule has 0 aliphatic heterocycles. The van der Waals surface area contributed by atoms with Gasteiger partial charge in [-0.1, -0.05) is 44.2 Å². The highest BCUT2D eigenvalue weighted by Crippen LogP contribution is 2.55. The summed E-state index contributed by atoms with van der Waals surface area (Å²) in [5.74, 6) is -0.576. The lowest BCUT2D eigenvalue weighted by molar-refractivity contribution is -0.144. The number of rotatable bonds is 4. The molecule has 3 heteroatoms. The van der Waals surface area contributed by atoms with Gasteiger partial charge in [0.15, 0.2) is 0 Å². The first-order valence-corrected chi connectivity index (χ1v) is 6.40. The topological polar surface area (TPSA) is 63.3 Å². The molecule has 1 aliphatic rings. The van der Waals surface area contributed by atoms with Gasteiger partial charge in [0.25, 0.3) is 0 Å². The molecule has 0 amide bonds. The molecule has 1 aromatic rings. The molecule has 3 N–H and O–H groups in total. The van der Waals surface area contributed by atoms with Crippen molar-refractivity contribution >= 4 is 5.97 Å². The minimum Gasteiger partial charge on any atom is -0.481 e. The fraction of sp³-hybridized carbons (Fsp3) is 0.533. The zero-order valence-corrected chi connectivity index (χ0v) is 11.0. The van der Waals surface area contributed by atoms with E-state index in [0.717, 1.165) is 12.8 Å². The predicted molar refractivity (Wildman–Crippen MR) is 71.2 cm³/mol. The zero-order chi connectivity index (χ0) is 13.4. The molecule has 1 aliphatic carbocycles. The van der Waals surface area contributed by atoms with Crippen LogP contribution >= 0.6 is 0 Å². The van der Waals surface area contributed by atoms with E-state index in [1.54, 1.807) is 0 Å². The fourth-order valence-electron chi connectivity index (χ4n) is 3.40. The quantitative estimate of drug-likeness (QED) is 0.859. The molecule has 1 aromatic carbocycles. The number of aliphatic carboxylic acids is 1. The first-order chi connectivity index (χ1) is 8.36. The van der Waals surface area contributed by atoms with Gasteiger partial charge >= 0.3 is 5.97 Å². The smallest absolute Gasteiger partial charge is 0.305 e. The van der Waals surface area contributed by atoms with E-state index in [-0.39, 0.29) is 17.8 Å². The SMILES string of the molecule is CC1C(C)(Cc2ccccc2)CC1(N)CC(=O)O. The van der Waals surface area contributed by atoms with E-state index in [9.17, 15) is 4.79 Å². The highest BCUT2D eigenvalue weighted by atomic mass is 16.4. The lowest BCUT2D eigenvalue weighted by atomic mass is 9.48. The lowest BCUT2D eigenvalue weighted by Crippen LogP contribution is -2.65. The van der Waals surface area contributed by atoms with Crippen LogP contribution in [0.5, 0.6) is 0 Å². The second-order valence-electron chi connectivity index (χ2n) is 6.02. The Labute approximate surface area is 108 Å². The molecular formula is C15H21NO2. The Morgan fingerprint density at radius 3 is 2.56 bits per heavy atom. The van der Waals surface area contributed by atoms with E-state index >= 15 is 0 Å². The lowest BCUT2D eigenvalue weighted by Gasteiger charge is -2.59. The van der Waals surface area contributed by atoms with Gasteiger partial charge in [-0.25, -0.2) is 0 Å². The van der Waals surface area contributed by atoms with Crippen molar-refractivity contribution in [1.29, 1.82) is 0 Å². The van der Waals surface area contributed by atoms with Gasteiger partial charge in [0, 0.05) is 5.54 Å². The van der Waals surface area contributed by atoms with Crippen LogP contribution in [-0.2, 0) is 11.2 Å². The fourth-order valence-corrected chi connectivity index (χ4v) is 3.40. The minimum absolute atomic E-state index is 0.0680. The van der Waals surface area contributed by atoms with Crippen molar-refractivity contribution in [2.24, 2.45) is 17.1 Å². The van der Waals surface area contributed by atoms with Crippen LogP contribution in [0.2, 0.25) is 0 Å². The van der Waals surface area contributed by atoms with E-state index in [0.29, 0.717) is 0 Å². The maximum Gasteiger partial charge on any atom is 0.305 e. The molecule has 98 valence electrons. The van der Waals surface area contributed by atoms with Gasteiger partial charge in [0.2, 0.25) is 0 Å². The standard InChI is InChI=1S/C15H21NO2/c1-11-14(2,8-12-6-4-3-5-7-12)10-15(11,16)9-13(17)18/h3-7,11H,8-10,16H2,1-2H3,(H,17,18). The Hall–Kier alpha value is -1.35. The number of carbonyl (C=O) groups is 1. The molecule has 3 unspecified atom stereocenters. The van der Waals surface area contributed by atoms with Crippen molar-refractivity contribution in [2.75, 3.05) is 0 Å². The Morgan fingerprint density at radius 2 is 2.06 bits per heavy atom. The summed E-state index contributed by atoms with van der Waals surface area (Å²) < 4.78 is 0. The number of carboxylic acid groups (broad SMARTS) is 1. The minimum atomic E-state index is -0.800. The van der Waals surface area contributed by atoms with Gasteiger partial charge in [-0.3, -0.25) is 4.79 Å². The van der Waals surface area contributed by atoms with Gasteiger partial charge in [0.1, 0.15) is 0 Å². The van der Waals surface area contributed by atoms with E-state index in [2.05, 4.69) is 26.0 Å². The maximum atomic E-state index is 10.8. The summed E-state index contributed by atoms with van der Waals surface area (Å²) in [4.78, 5) is 10.8. The van der Waals surface area contributed by atoms with Crippen molar-refractivity contribution in [2.45, 2.75) is 38.6 Å². The monoisotopic (exact) mass is 247 g/mol. The number of nitrogens with two attached hydrogens (primary N) is 1. The Bertz CT molecular complexity index is 445. The summed E-state index contributed by atoms with van der Waals surface area (Å²) in [6.07, 6.45) is 1.81. The van der Waals surface area contributed by atoms with E-state index < -0.39 is 11.5 Å². The van der Waals surface area contributed by atoms with E-state index in [1.807, 2.05) is 18.2 Å². The second kappa shape index (κ2) is 4.39. The molecular weight excluding hydrogens is 226 g/mol. The molecule has 1 fully saturated rings. The summed E-state index contributed by atoms with van der Waals surface area (Å²) in [5.41, 5.74) is 7.08. The van der Waals surface area contributed by atoms with Crippen molar-refractivity contribution in [3.8, 4) is 0 Å². The van der Waals surface area contributed by atoms with Crippen molar-refractivity contribution in [3.63, 3.8) is 0 Å². The van der Waals surface area contributed by atoms with Crippen LogP contribution in [0, 0.1) is 11.3 Å². The van der Waals surface area contributed by atoms with Gasteiger partial charge in [-0.15, -0.1) is 0 Å². The molecule has 0 spiro atoms. The molecule has 3 atom stereocenters. The largest absolute Gasteiger partial charge is 0.481 e.